The van der Waals surface area contributed by atoms with E-state index in [1.54, 1.807) is 17.3 Å². The molecule has 8 heteroatoms. The number of hydrogen-bond donors (Lipinski definition) is 1. The maximum atomic E-state index is 13.1. The molecule has 0 unspecified atom stereocenters. The van der Waals surface area contributed by atoms with E-state index < -0.39 is 0 Å². The Morgan fingerprint density at radius 3 is 2.39 bits per heavy atom. The van der Waals surface area contributed by atoms with Crippen LogP contribution in [0.3, 0.4) is 0 Å². The number of amides is 1. The molecule has 1 aliphatic heterocycles. The lowest BCUT2D eigenvalue weighted by molar-refractivity contribution is 0.0619. The molecule has 0 bridgehead atoms. The van der Waals surface area contributed by atoms with Gasteiger partial charge in [0.2, 0.25) is 0 Å². The number of pyridine rings is 1. The molecule has 0 spiro atoms. The van der Waals surface area contributed by atoms with Crippen molar-refractivity contribution in [3.05, 3.63) is 72.1 Å². The topological polar surface area (TPSA) is 74.5 Å². The summed E-state index contributed by atoms with van der Waals surface area (Å²) in [6, 6.07) is 9.65. The van der Waals surface area contributed by atoms with Crippen molar-refractivity contribution in [1.82, 2.24) is 24.6 Å². The first-order valence-electron chi connectivity index (χ1n) is 9.05. The molecule has 0 aliphatic carbocycles. The maximum absolute atomic E-state index is 13.1. The van der Waals surface area contributed by atoms with Crippen molar-refractivity contribution in [2.24, 2.45) is 0 Å². The van der Waals surface area contributed by atoms with Crippen LogP contribution in [0, 0.1) is 5.82 Å². The number of aromatic hydroxyl groups is 1. The van der Waals surface area contributed by atoms with E-state index >= 15 is 0 Å². The summed E-state index contributed by atoms with van der Waals surface area (Å²) in [4.78, 5) is 20.8. The largest absolute Gasteiger partial charge is 0.504 e. The average molecular weight is 381 g/mol. The van der Waals surface area contributed by atoms with Crippen molar-refractivity contribution < 1.29 is 14.3 Å². The summed E-state index contributed by atoms with van der Waals surface area (Å²) in [6.45, 7) is 3.43. The third kappa shape index (κ3) is 3.86. The van der Waals surface area contributed by atoms with Crippen LogP contribution in [-0.2, 0) is 6.54 Å². The Morgan fingerprint density at radius 1 is 1.04 bits per heavy atom. The monoisotopic (exact) mass is 381 g/mol. The minimum Gasteiger partial charge on any atom is -0.504 e. The number of carbonyl (C=O) groups excluding carboxylic acids is 1. The Hall–Kier alpha value is -3.26. The molecule has 3 heterocycles. The molecular formula is C20H20FN5O2. The molecule has 4 rings (SSSR count). The Bertz CT molecular complexity index is 950. The third-order valence-corrected chi connectivity index (χ3v) is 4.80. The zero-order valence-corrected chi connectivity index (χ0v) is 15.2. The van der Waals surface area contributed by atoms with Gasteiger partial charge in [-0.25, -0.2) is 9.07 Å². The first-order chi connectivity index (χ1) is 13.6. The molecule has 1 aromatic carbocycles. The second-order valence-corrected chi connectivity index (χ2v) is 6.71. The summed E-state index contributed by atoms with van der Waals surface area (Å²) in [5.41, 5.74) is 1.76. The number of hydrogen-bond acceptors (Lipinski definition) is 5. The van der Waals surface area contributed by atoms with Gasteiger partial charge in [0.25, 0.3) is 5.91 Å². The van der Waals surface area contributed by atoms with E-state index in [4.69, 9.17) is 0 Å². The number of carbonyl (C=O) groups is 1. The second-order valence-electron chi connectivity index (χ2n) is 6.71. The standard InChI is InChI=1S/C20H20FN5O2/c21-16-1-3-17(4-2-16)26-14-18(27)19(23-26)20(28)25-11-9-24(10-12-25)13-15-5-7-22-8-6-15/h1-8,14,27H,9-13H2. The Morgan fingerprint density at radius 2 is 1.71 bits per heavy atom. The summed E-state index contributed by atoms with van der Waals surface area (Å²) < 4.78 is 14.5. The molecule has 0 radical (unpaired) electrons. The highest BCUT2D eigenvalue weighted by molar-refractivity contribution is 5.95. The van der Waals surface area contributed by atoms with Gasteiger partial charge in [0.15, 0.2) is 11.4 Å². The van der Waals surface area contributed by atoms with E-state index in [-0.39, 0.29) is 23.2 Å². The molecule has 1 amide bonds. The lowest BCUT2D eigenvalue weighted by Gasteiger charge is -2.34. The first-order valence-corrected chi connectivity index (χ1v) is 9.05. The number of rotatable bonds is 4. The summed E-state index contributed by atoms with van der Waals surface area (Å²) in [7, 11) is 0. The Balaban J connectivity index is 1.41. The van der Waals surface area contributed by atoms with Gasteiger partial charge in [0.1, 0.15) is 5.82 Å². The zero-order valence-electron chi connectivity index (χ0n) is 15.2. The molecule has 3 aromatic rings. The minimum atomic E-state index is -0.360. The Kier molecular flexibility index (Phi) is 5.03. The number of aromatic nitrogens is 3. The fourth-order valence-corrected chi connectivity index (χ4v) is 3.25. The van der Waals surface area contributed by atoms with E-state index in [9.17, 15) is 14.3 Å². The number of nitrogens with zero attached hydrogens (tertiary/aromatic N) is 5. The molecule has 2 aromatic heterocycles. The minimum absolute atomic E-state index is 0.00640. The lowest BCUT2D eigenvalue weighted by Crippen LogP contribution is -2.48. The van der Waals surface area contributed by atoms with Gasteiger partial charge in [-0.1, -0.05) is 0 Å². The van der Waals surface area contributed by atoms with Crippen LogP contribution in [0.15, 0.2) is 55.0 Å². The van der Waals surface area contributed by atoms with Crippen molar-refractivity contribution >= 4 is 5.91 Å². The van der Waals surface area contributed by atoms with Gasteiger partial charge in [0, 0.05) is 45.1 Å². The summed E-state index contributed by atoms with van der Waals surface area (Å²) >= 11 is 0. The van der Waals surface area contributed by atoms with Crippen molar-refractivity contribution in [3.63, 3.8) is 0 Å². The molecular weight excluding hydrogens is 361 g/mol. The maximum Gasteiger partial charge on any atom is 0.278 e. The molecule has 0 atom stereocenters. The fraction of sp³-hybridized carbons (Fsp3) is 0.250. The molecule has 1 aliphatic rings. The molecule has 1 N–H and O–H groups in total. The van der Waals surface area contributed by atoms with Crippen LogP contribution in [0.1, 0.15) is 16.1 Å². The molecule has 1 saturated heterocycles. The lowest BCUT2D eigenvalue weighted by atomic mass is 10.2. The van der Waals surface area contributed by atoms with Crippen LogP contribution in [0.25, 0.3) is 5.69 Å². The van der Waals surface area contributed by atoms with E-state index in [0.717, 1.165) is 19.6 Å². The van der Waals surface area contributed by atoms with Gasteiger partial charge < -0.3 is 10.0 Å². The predicted molar refractivity (Wildman–Crippen MR) is 101 cm³/mol. The highest BCUT2D eigenvalue weighted by Crippen LogP contribution is 2.21. The normalized spacial score (nSPS) is 15.0. The molecule has 144 valence electrons. The van der Waals surface area contributed by atoms with Gasteiger partial charge >= 0.3 is 0 Å². The number of benzene rings is 1. The number of piperazine rings is 1. The van der Waals surface area contributed by atoms with Crippen molar-refractivity contribution in [1.29, 1.82) is 0 Å². The van der Waals surface area contributed by atoms with Crippen LogP contribution in [0.4, 0.5) is 4.39 Å². The third-order valence-electron chi connectivity index (χ3n) is 4.80. The van der Waals surface area contributed by atoms with E-state index in [1.165, 1.54) is 40.7 Å². The molecule has 0 saturated carbocycles. The van der Waals surface area contributed by atoms with Gasteiger partial charge in [-0.15, -0.1) is 0 Å². The van der Waals surface area contributed by atoms with Gasteiger partial charge in [0.05, 0.1) is 11.9 Å². The van der Waals surface area contributed by atoms with Crippen molar-refractivity contribution in [2.75, 3.05) is 26.2 Å². The van der Waals surface area contributed by atoms with Crippen molar-refractivity contribution in [3.8, 4) is 11.4 Å². The SMILES string of the molecule is O=C(c1nn(-c2ccc(F)cc2)cc1O)N1CCN(Cc2ccncc2)CC1. The smallest absolute Gasteiger partial charge is 0.278 e. The summed E-state index contributed by atoms with van der Waals surface area (Å²) in [5.74, 6) is -0.850. The van der Waals surface area contributed by atoms with Gasteiger partial charge in [-0.3, -0.25) is 14.7 Å². The van der Waals surface area contributed by atoms with Crippen LogP contribution < -0.4 is 0 Å². The highest BCUT2D eigenvalue weighted by Gasteiger charge is 2.26. The van der Waals surface area contributed by atoms with Crippen molar-refractivity contribution in [2.45, 2.75) is 6.54 Å². The van der Waals surface area contributed by atoms with Crippen LogP contribution in [-0.4, -0.2) is 61.8 Å². The van der Waals surface area contributed by atoms with E-state index in [1.807, 2.05) is 12.1 Å². The predicted octanol–water partition coefficient (Wildman–Crippen LogP) is 2.07. The quantitative estimate of drug-likeness (QED) is 0.749. The molecule has 1 fully saturated rings. The van der Waals surface area contributed by atoms with Gasteiger partial charge in [-0.05, 0) is 42.0 Å². The van der Waals surface area contributed by atoms with Crippen LogP contribution in [0.2, 0.25) is 0 Å². The van der Waals surface area contributed by atoms with E-state index in [0.29, 0.717) is 18.8 Å². The summed E-state index contributed by atoms with van der Waals surface area (Å²) in [6.07, 6.45) is 4.91. The molecule has 7 nitrogen and oxygen atoms in total. The zero-order chi connectivity index (χ0) is 19.5. The van der Waals surface area contributed by atoms with Gasteiger partial charge in [-0.2, -0.15) is 5.10 Å². The summed E-state index contributed by atoms with van der Waals surface area (Å²) in [5, 5.41) is 14.4. The number of halogens is 1. The van der Waals surface area contributed by atoms with E-state index in [2.05, 4.69) is 15.0 Å². The first kappa shape index (κ1) is 18.1. The Labute approximate surface area is 161 Å². The average Bonchev–Trinajstić information content (AvgIpc) is 3.11. The van der Waals surface area contributed by atoms with Crippen LogP contribution in [0.5, 0.6) is 5.75 Å². The molecule has 28 heavy (non-hydrogen) atoms. The second kappa shape index (κ2) is 7.77. The highest BCUT2D eigenvalue weighted by atomic mass is 19.1. The van der Waals surface area contributed by atoms with Crippen LogP contribution >= 0.6 is 0 Å². The fourth-order valence-electron chi connectivity index (χ4n) is 3.25.